The SMILES string of the molecule is C=C(F)C(=C)CNC(=O)OC(C)(C)C.CC.CC. The van der Waals surface area contributed by atoms with Crippen molar-refractivity contribution in [3.8, 4) is 0 Å². The molecular formula is C14H28FNO2. The minimum atomic E-state index is -0.638. The first-order valence-corrected chi connectivity index (χ1v) is 6.22. The Morgan fingerprint density at radius 3 is 1.83 bits per heavy atom. The van der Waals surface area contributed by atoms with Gasteiger partial charge in [0.25, 0.3) is 0 Å². The maximum atomic E-state index is 12.4. The zero-order chi connectivity index (χ0) is 15.4. The highest BCUT2D eigenvalue weighted by Crippen LogP contribution is 2.07. The molecule has 3 nitrogen and oxygen atoms in total. The summed E-state index contributed by atoms with van der Waals surface area (Å²) in [4.78, 5) is 11.1. The number of halogens is 1. The fourth-order valence-electron chi connectivity index (χ4n) is 0.589. The van der Waals surface area contributed by atoms with E-state index in [0.29, 0.717) is 0 Å². The molecule has 0 aliphatic carbocycles. The van der Waals surface area contributed by atoms with Crippen LogP contribution in [0.3, 0.4) is 0 Å². The third-order valence-electron chi connectivity index (χ3n) is 1.23. The van der Waals surface area contributed by atoms with E-state index in [0.717, 1.165) is 0 Å². The standard InChI is InChI=1S/C10H16FNO2.2C2H6/c1-7(8(2)11)6-12-9(13)14-10(3,4)5;2*1-2/h1-2,6H2,3-5H3,(H,12,13);2*1-2H3. The van der Waals surface area contributed by atoms with Crippen LogP contribution in [-0.2, 0) is 4.74 Å². The van der Waals surface area contributed by atoms with E-state index in [-0.39, 0.29) is 12.1 Å². The number of rotatable bonds is 3. The molecule has 0 atom stereocenters. The molecule has 0 bridgehead atoms. The van der Waals surface area contributed by atoms with Gasteiger partial charge in [0.05, 0.1) is 0 Å². The van der Waals surface area contributed by atoms with E-state index >= 15 is 0 Å². The van der Waals surface area contributed by atoms with Crippen molar-refractivity contribution in [2.45, 2.75) is 54.1 Å². The van der Waals surface area contributed by atoms with Crippen LogP contribution in [0.25, 0.3) is 0 Å². The van der Waals surface area contributed by atoms with Crippen LogP contribution in [0.15, 0.2) is 24.6 Å². The number of ether oxygens (including phenoxy) is 1. The second-order valence-electron chi connectivity index (χ2n) is 3.86. The summed E-state index contributed by atoms with van der Waals surface area (Å²) in [7, 11) is 0. The molecule has 0 aliphatic heterocycles. The number of carbonyl (C=O) groups is 1. The summed E-state index contributed by atoms with van der Waals surface area (Å²) in [6.45, 7) is 19.7. The minimum absolute atomic E-state index is 0.00421. The van der Waals surface area contributed by atoms with Gasteiger partial charge in [-0.25, -0.2) is 9.18 Å². The molecule has 1 N–H and O–H groups in total. The number of hydrogen-bond acceptors (Lipinski definition) is 2. The van der Waals surface area contributed by atoms with E-state index in [1.165, 1.54) is 0 Å². The fourth-order valence-corrected chi connectivity index (χ4v) is 0.589. The summed E-state index contributed by atoms with van der Waals surface area (Å²) in [5.41, 5.74) is -0.422. The molecular weight excluding hydrogens is 233 g/mol. The molecule has 0 heterocycles. The van der Waals surface area contributed by atoms with Crippen molar-refractivity contribution >= 4 is 6.09 Å². The molecule has 1 amide bonds. The van der Waals surface area contributed by atoms with Crippen LogP contribution in [0, 0.1) is 0 Å². The molecule has 4 heteroatoms. The Balaban J connectivity index is -0.000000506. The van der Waals surface area contributed by atoms with Crippen molar-refractivity contribution in [2.75, 3.05) is 6.54 Å². The van der Waals surface area contributed by atoms with E-state index < -0.39 is 17.5 Å². The number of nitrogens with one attached hydrogen (secondary N) is 1. The second kappa shape index (κ2) is 12.1. The van der Waals surface area contributed by atoms with Crippen molar-refractivity contribution < 1.29 is 13.9 Å². The number of carbonyl (C=O) groups excluding carboxylic acids is 1. The summed E-state index contributed by atoms with van der Waals surface area (Å²) in [5.74, 6) is -0.638. The van der Waals surface area contributed by atoms with Gasteiger partial charge in [0, 0.05) is 6.54 Å². The Bertz CT molecular complexity index is 255. The lowest BCUT2D eigenvalue weighted by atomic mass is 10.2. The van der Waals surface area contributed by atoms with Crippen molar-refractivity contribution in [1.82, 2.24) is 5.32 Å². The molecule has 0 aromatic heterocycles. The Morgan fingerprint density at radius 2 is 1.56 bits per heavy atom. The molecule has 0 fully saturated rings. The van der Waals surface area contributed by atoms with Crippen molar-refractivity contribution in [2.24, 2.45) is 0 Å². The topological polar surface area (TPSA) is 38.3 Å². The lowest BCUT2D eigenvalue weighted by Gasteiger charge is -2.19. The van der Waals surface area contributed by atoms with Gasteiger partial charge < -0.3 is 10.1 Å². The Morgan fingerprint density at radius 1 is 1.17 bits per heavy atom. The molecule has 0 saturated carbocycles. The molecule has 0 aromatic rings. The van der Waals surface area contributed by atoms with E-state index in [1.54, 1.807) is 20.8 Å². The molecule has 0 unspecified atom stereocenters. The zero-order valence-electron chi connectivity index (χ0n) is 12.8. The van der Waals surface area contributed by atoms with E-state index in [4.69, 9.17) is 4.74 Å². The van der Waals surface area contributed by atoms with Gasteiger partial charge in [-0.2, -0.15) is 0 Å². The zero-order valence-corrected chi connectivity index (χ0v) is 12.8. The lowest BCUT2D eigenvalue weighted by Crippen LogP contribution is -2.33. The second-order valence-corrected chi connectivity index (χ2v) is 3.86. The van der Waals surface area contributed by atoms with Crippen LogP contribution in [0.4, 0.5) is 9.18 Å². The van der Waals surface area contributed by atoms with Crippen LogP contribution >= 0.6 is 0 Å². The molecule has 18 heavy (non-hydrogen) atoms. The maximum Gasteiger partial charge on any atom is 0.407 e. The van der Waals surface area contributed by atoms with Gasteiger partial charge in [-0.1, -0.05) is 40.9 Å². The van der Waals surface area contributed by atoms with E-state index in [9.17, 15) is 9.18 Å². The first-order chi connectivity index (χ1) is 8.22. The van der Waals surface area contributed by atoms with Crippen LogP contribution in [-0.4, -0.2) is 18.2 Å². The maximum absolute atomic E-state index is 12.4. The molecule has 108 valence electrons. The van der Waals surface area contributed by atoms with Crippen molar-refractivity contribution in [3.05, 3.63) is 24.6 Å². The summed E-state index contributed by atoms with van der Waals surface area (Å²) in [6.07, 6.45) is -0.597. The van der Waals surface area contributed by atoms with Crippen molar-refractivity contribution in [3.63, 3.8) is 0 Å². The van der Waals surface area contributed by atoms with Gasteiger partial charge in [0.15, 0.2) is 0 Å². The Labute approximate surface area is 111 Å². The van der Waals surface area contributed by atoms with E-state index in [1.807, 2.05) is 27.7 Å². The molecule has 0 aliphatic rings. The third kappa shape index (κ3) is 17.1. The molecule has 0 radical (unpaired) electrons. The largest absolute Gasteiger partial charge is 0.444 e. The molecule has 0 saturated heterocycles. The minimum Gasteiger partial charge on any atom is -0.444 e. The predicted octanol–water partition coefficient (Wildman–Crippen LogP) is 4.60. The first kappa shape index (κ1) is 21.9. The normalized spacial score (nSPS) is 8.89. The van der Waals surface area contributed by atoms with Gasteiger partial charge in [-0.3, -0.25) is 0 Å². The average Bonchev–Trinajstić information content (AvgIpc) is 2.29. The quantitative estimate of drug-likeness (QED) is 0.754. The Hall–Kier alpha value is -1.32. The van der Waals surface area contributed by atoms with Crippen LogP contribution in [0.1, 0.15) is 48.5 Å². The van der Waals surface area contributed by atoms with Crippen molar-refractivity contribution in [1.29, 1.82) is 0 Å². The summed E-state index contributed by atoms with van der Waals surface area (Å²) in [6, 6.07) is 0. The first-order valence-electron chi connectivity index (χ1n) is 6.22. The number of hydrogen-bond donors (Lipinski definition) is 1. The summed E-state index contributed by atoms with van der Waals surface area (Å²) >= 11 is 0. The smallest absolute Gasteiger partial charge is 0.407 e. The summed E-state index contributed by atoms with van der Waals surface area (Å²) in [5, 5.41) is 2.36. The summed E-state index contributed by atoms with van der Waals surface area (Å²) < 4.78 is 17.3. The van der Waals surface area contributed by atoms with Crippen LogP contribution in [0.5, 0.6) is 0 Å². The van der Waals surface area contributed by atoms with E-state index in [2.05, 4.69) is 18.5 Å². The van der Waals surface area contributed by atoms with Gasteiger partial charge in [-0.15, -0.1) is 0 Å². The molecule has 0 spiro atoms. The van der Waals surface area contributed by atoms with Crippen LogP contribution < -0.4 is 5.32 Å². The number of alkyl carbamates (subject to hydrolysis) is 1. The predicted molar refractivity (Wildman–Crippen MR) is 76.3 cm³/mol. The lowest BCUT2D eigenvalue weighted by molar-refractivity contribution is 0.0533. The van der Waals surface area contributed by atoms with Crippen LogP contribution in [0.2, 0.25) is 0 Å². The highest BCUT2D eigenvalue weighted by Gasteiger charge is 2.15. The monoisotopic (exact) mass is 261 g/mol. The highest BCUT2D eigenvalue weighted by atomic mass is 19.1. The average molecular weight is 261 g/mol. The molecule has 0 rings (SSSR count). The highest BCUT2D eigenvalue weighted by molar-refractivity contribution is 5.68. The van der Waals surface area contributed by atoms with Gasteiger partial charge in [0.1, 0.15) is 11.4 Å². The van der Waals surface area contributed by atoms with Gasteiger partial charge in [-0.05, 0) is 26.3 Å². The third-order valence-corrected chi connectivity index (χ3v) is 1.23. The number of amides is 1. The molecule has 0 aromatic carbocycles. The Kier molecular flexibility index (Phi) is 14.8. The van der Waals surface area contributed by atoms with Gasteiger partial charge in [0.2, 0.25) is 0 Å². The van der Waals surface area contributed by atoms with Gasteiger partial charge >= 0.3 is 6.09 Å². The fraction of sp³-hybridized carbons (Fsp3) is 0.643.